The lowest BCUT2D eigenvalue weighted by atomic mass is 10.0. The van der Waals surface area contributed by atoms with Crippen LogP contribution in [0.4, 0.5) is 5.69 Å². The molecule has 1 aromatic rings. The third-order valence-corrected chi connectivity index (χ3v) is 3.76. The topological polar surface area (TPSA) is 78.5 Å². The van der Waals surface area contributed by atoms with Crippen LogP contribution in [-0.4, -0.2) is 42.3 Å². The van der Waals surface area contributed by atoms with Crippen molar-refractivity contribution in [2.45, 2.75) is 18.9 Å². The van der Waals surface area contributed by atoms with Crippen LogP contribution in [0.15, 0.2) is 28.7 Å². The van der Waals surface area contributed by atoms with Gasteiger partial charge in [-0.2, -0.15) is 0 Å². The number of carbonyl (C=O) groups excluding carboxylic acids is 3. The molecule has 21 heavy (non-hydrogen) atoms. The van der Waals surface area contributed by atoms with Crippen LogP contribution < -0.4 is 10.6 Å². The van der Waals surface area contributed by atoms with Crippen LogP contribution in [0, 0.1) is 0 Å². The molecular formula is C14H16BrN3O3. The Hall–Kier alpha value is -1.73. The van der Waals surface area contributed by atoms with Gasteiger partial charge in [0.25, 0.3) is 0 Å². The minimum absolute atomic E-state index is 0.0188. The first kappa shape index (κ1) is 15.7. The third kappa shape index (κ3) is 4.12. The van der Waals surface area contributed by atoms with E-state index in [1.54, 1.807) is 12.1 Å². The fourth-order valence-electron chi connectivity index (χ4n) is 2.09. The van der Waals surface area contributed by atoms with Gasteiger partial charge in [-0.3, -0.25) is 24.6 Å². The predicted molar refractivity (Wildman–Crippen MR) is 81.6 cm³/mol. The summed E-state index contributed by atoms with van der Waals surface area (Å²) in [6.07, 6.45) is 0.735. The van der Waals surface area contributed by atoms with E-state index < -0.39 is 6.04 Å². The second-order valence-electron chi connectivity index (χ2n) is 4.82. The molecule has 1 aromatic carbocycles. The minimum atomic E-state index is -0.485. The zero-order chi connectivity index (χ0) is 15.4. The number of imide groups is 1. The number of likely N-dealkylation sites (N-methyl/N-ethyl adjacent to an activating group) is 1. The minimum Gasteiger partial charge on any atom is -0.325 e. The number of carbonyl (C=O) groups is 3. The standard InChI is InChI=1S/C14H16BrN3O3/c1-18-13(20)6-5-11(14(18)21)16-8-12(19)17-10-4-2-3-9(15)7-10/h2-4,7,11,16H,5-6,8H2,1H3,(H,17,19). The van der Waals surface area contributed by atoms with E-state index in [1.807, 2.05) is 12.1 Å². The van der Waals surface area contributed by atoms with Gasteiger partial charge >= 0.3 is 0 Å². The number of likely N-dealkylation sites (tertiary alicyclic amines) is 1. The van der Waals surface area contributed by atoms with Crippen LogP contribution in [0.3, 0.4) is 0 Å². The molecule has 1 heterocycles. The molecule has 0 bridgehead atoms. The Morgan fingerprint density at radius 1 is 1.43 bits per heavy atom. The number of hydrogen-bond donors (Lipinski definition) is 2. The van der Waals surface area contributed by atoms with Crippen molar-refractivity contribution in [2.75, 3.05) is 18.9 Å². The Morgan fingerprint density at radius 3 is 2.90 bits per heavy atom. The second kappa shape index (κ2) is 6.82. The van der Waals surface area contributed by atoms with E-state index in [9.17, 15) is 14.4 Å². The van der Waals surface area contributed by atoms with Crippen LogP contribution >= 0.6 is 15.9 Å². The van der Waals surface area contributed by atoms with Gasteiger partial charge in [0.1, 0.15) is 0 Å². The molecule has 7 heteroatoms. The zero-order valence-corrected chi connectivity index (χ0v) is 13.1. The number of hydrogen-bond acceptors (Lipinski definition) is 4. The number of halogens is 1. The van der Waals surface area contributed by atoms with E-state index in [2.05, 4.69) is 26.6 Å². The fraction of sp³-hybridized carbons (Fsp3) is 0.357. The van der Waals surface area contributed by atoms with E-state index in [0.717, 1.165) is 9.37 Å². The molecule has 0 aromatic heterocycles. The van der Waals surface area contributed by atoms with Gasteiger partial charge in [-0.1, -0.05) is 22.0 Å². The van der Waals surface area contributed by atoms with Gasteiger partial charge in [0, 0.05) is 23.6 Å². The maximum Gasteiger partial charge on any atom is 0.246 e. The Bertz CT molecular complexity index is 576. The SMILES string of the molecule is CN1C(=O)CCC(NCC(=O)Nc2cccc(Br)c2)C1=O. The molecule has 1 unspecified atom stereocenters. The van der Waals surface area contributed by atoms with Crippen LogP contribution in [0.2, 0.25) is 0 Å². The Morgan fingerprint density at radius 2 is 2.19 bits per heavy atom. The zero-order valence-electron chi connectivity index (χ0n) is 11.6. The van der Waals surface area contributed by atoms with Crippen molar-refractivity contribution >= 4 is 39.3 Å². The average molecular weight is 354 g/mol. The molecule has 1 fully saturated rings. The molecule has 0 saturated carbocycles. The first-order valence-electron chi connectivity index (χ1n) is 6.56. The summed E-state index contributed by atoms with van der Waals surface area (Å²) in [4.78, 5) is 36.2. The first-order chi connectivity index (χ1) is 9.97. The Balaban J connectivity index is 1.84. The summed E-state index contributed by atoms with van der Waals surface area (Å²) in [5.74, 6) is -0.710. The average Bonchev–Trinajstić information content (AvgIpc) is 2.44. The number of anilines is 1. The molecule has 2 rings (SSSR count). The van der Waals surface area contributed by atoms with E-state index in [4.69, 9.17) is 0 Å². The van der Waals surface area contributed by atoms with Crippen LogP contribution in [0.5, 0.6) is 0 Å². The van der Waals surface area contributed by atoms with Crippen LogP contribution in [0.25, 0.3) is 0 Å². The van der Waals surface area contributed by atoms with Gasteiger partial charge in [-0.15, -0.1) is 0 Å². The molecule has 112 valence electrons. The summed E-state index contributed by atoms with van der Waals surface area (Å²) in [7, 11) is 1.46. The molecule has 1 aliphatic rings. The molecule has 0 radical (unpaired) electrons. The van der Waals surface area contributed by atoms with Crippen molar-refractivity contribution in [1.29, 1.82) is 0 Å². The van der Waals surface area contributed by atoms with Crippen molar-refractivity contribution in [1.82, 2.24) is 10.2 Å². The van der Waals surface area contributed by atoms with Gasteiger partial charge in [0.2, 0.25) is 17.7 Å². The maximum absolute atomic E-state index is 11.9. The lowest BCUT2D eigenvalue weighted by molar-refractivity contribution is -0.148. The fourth-order valence-corrected chi connectivity index (χ4v) is 2.49. The monoisotopic (exact) mass is 353 g/mol. The highest BCUT2D eigenvalue weighted by Crippen LogP contribution is 2.15. The molecule has 1 saturated heterocycles. The highest BCUT2D eigenvalue weighted by molar-refractivity contribution is 9.10. The van der Waals surface area contributed by atoms with Crippen LogP contribution in [-0.2, 0) is 14.4 Å². The molecule has 1 aliphatic heterocycles. The number of rotatable bonds is 4. The molecule has 1 atom stereocenters. The van der Waals surface area contributed by atoms with E-state index in [0.29, 0.717) is 18.5 Å². The highest BCUT2D eigenvalue weighted by Gasteiger charge is 2.31. The quantitative estimate of drug-likeness (QED) is 0.795. The summed E-state index contributed by atoms with van der Waals surface area (Å²) in [6, 6.07) is 6.76. The lowest BCUT2D eigenvalue weighted by Gasteiger charge is -2.28. The Kier molecular flexibility index (Phi) is 5.08. The van der Waals surface area contributed by atoms with E-state index >= 15 is 0 Å². The molecule has 0 aliphatic carbocycles. The first-order valence-corrected chi connectivity index (χ1v) is 7.36. The molecule has 6 nitrogen and oxygen atoms in total. The van der Waals surface area contributed by atoms with Crippen molar-refractivity contribution < 1.29 is 14.4 Å². The third-order valence-electron chi connectivity index (χ3n) is 3.27. The van der Waals surface area contributed by atoms with Crippen molar-refractivity contribution in [3.05, 3.63) is 28.7 Å². The molecule has 3 amide bonds. The van der Waals surface area contributed by atoms with Crippen molar-refractivity contribution in [2.24, 2.45) is 0 Å². The lowest BCUT2D eigenvalue weighted by Crippen LogP contribution is -2.52. The Labute approximate surface area is 131 Å². The summed E-state index contributed by atoms with van der Waals surface area (Å²) in [6.45, 7) is 0.0188. The normalized spacial score (nSPS) is 18.8. The summed E-state index contributed by atoms with van der Waals surface area (Å²) in [5.41, 5.74) is 0.679. The van der Waals surface area contributed by atoms with E-state index in [-0.39, 0.29) is 24.3 Å². The molecule has 0 spiro atoms. The largest absolute Gasteiger partial charge is 0.325 e. The maximum atomic E-state index is 11.9. The number of nitrogens with one attached hydrogen (secondary N) is 2. The van der Waals surface area contributed by atoms with Gasteiger partial charge in [-0.25, -0.2) is 0 Å². The van der Waals surface area contributed by atoms with Gasteiger partial charge in [-0.05, 0) is 24.6 Å². The molecular weight excluding hydrogens is 338 g/mol. The summed E-state index contributed by atoms with van der Waals surface area (Å²) in [5, 5.41) is 5.62. The van der Waals surface area contributed by atoms with Crippen molar-refractivity contribution in [3.8, 4) is 0 Å². The smallest absolute Gasteiger partial charge is 0.246 e. The second-order valence-corrected chi connectivity index (χ2v) is 5.74. The van der Waals surface area contributed by atoms with Crippen molar-refractivity contribution in [3.63, 3.8) is 0 Å². The van der Waals surface area contributed by atoms with E-state index in [1.165, 1.54) is 7.05 Å². The van der Waals surface area contributed by atoms with Gasteiger partial charge in [0.15, 0.2) is 0 Å². The van der Waals surface area contributed by atoms with Crippen LogP contribution in [0.1, 0.15) is 12.8 Å². The van der Waals surface area contributed by atoms with Gasteiger partial charge in [0.05, 0.1) is 12.6 Å². The molecule has 2 N–H and O–H groups in total. The number of piperidine rings is 1. The summed E-state index contributed by atoms with van der Waals surface area (Å²) >= 11 is 3.32. The highest BCUT2D eigenvalue weighted by atomic mass is 79.9. The predicted octanol–water partition coefficient (Wildman–Crippen LogP) is 1.12. The number of amides is 3. The number of nitrogens with zero attached hydrogens (tertiary/aromatic N) is 1. The van der Waals surface area contributed by atoms with Gasteiger partial charge < -0.3 is 5.32 Å². The summed E-state index contributed by atoms with van der Waals surface area (Å²) < 4.78 is 0.871. The number of benzene rings is 1.